The van der Waals surface area contributed by atoms with E-state index in [2.05, 4.69) is 4.98 Å². The standard InChI is InChI=1S/C12H10ClNO5S/c1-2-19-12(16)9-6-11(15)14-10-4-3-7(5-8(9)10)20(13,17)18/h3-6H,2H2,1H3,(H,14,15). The number of H-pyrrole nitrogens is 1. The molecule has 0 atom stereocenters. The minimum absolute atomic E-state index is 0.00670. The highest BCUT2D eigenvalue weighted by Gasteiger charge is 2.16. The zero-order valence-electron chi connectivity index (χ0n) is 10.3. The summed E-state index contributed by atoms with van der Waals surface area (Å²) in [5, 5.41) is 0.254. The maximum Gasteiger partial charge on any atom is 0.339 e. The molecule has 20 heavy (non-hydrogen) atoms. The average molecular weight is 316 g/mol. The van der Waals surface area contributed by atoms with Crippen LogP contribution in [-0.2, 0) is 13.8 Å². The van der Waals surface area contributed by atoms with Crippen LogP contribution in [0.4, 0.5) is 0 Å². The predicted molar refractivity (Wildman–Crippen MR) is 73.6 cm³/mol. The fourth-order valence-electron chi connectivity index (χ4n) is 1.76. The van der Waals surface area contributed by atoms with Gasteiger partial charge in [0.2, 0.25) is 5.56 Å². The summed E-state index contributed by atoms with van der Waals surface area (Å²) in [7, 11) is 1.34. The van der Waals surface area contributed by atoms with Crippen molar-refractivity contribution >= 4 is 36.6 Å². The molecular weight excluding hydrogens is 306 g/mol. The highest BCUT2D eigenvalue weighted by atomic mass is 35.7. The van der Waals surface area contributed by atoms with Crippen LogP contribution in [-0.4, -0.2) is 26.0 Å². The molecule has 0 amide bonds. The molecule has 0 radical (unpaired) electrons. The third-order valence-electron chi connectivity index (χ3n) is 2.59. The molecule has 0 unspecified atom stereocenters. The Bertz CT molecular complexity index is 841. The molecule has 2 aromatic rings. The molecule has 6 nitrogen and oxygen atoms in total. The van der Waals surface area contributed by atoms with Crippen molar-refractivity contribution in [3.63, 3.8) is 0 Å². The Kier molecular flexibility index (Phi) is 3.82. The van der Waals surface area contributed by atoms with Crippen LogP contribution in [0.15, 0.2) is 34.0 Å². The maximum atomic E-state index is 11.8. The third kappa shape index (κ3) is 2.83. The van der Waals surface area contributed by atoms with Crippen LogP contribution < -0.4 is 5.56 Å². The first-order valence-electron chi connectivity index (χ1n) is 5.62. The summed E-state index contributed by atoms with van der Waals surface area (Å²) in [5.74, 6) is -0.701. The van der Waals surface area contributed by atoms with Crippen LogP contribution in [0.1, 0.15) is 17.3 Å². The van der Waals surface area contributed by atoms with E-state index < -0.39 is 20.6 Å². The van der Waals surface area contributed by atoms with E-state index in [4.69, 9.17) is 15.4 Å². The molecule has 8 heteroatoms. The Morgan fingerprint density at radius 2 is 2.05 bits per heavy atom. The van der Waals surface area contributed by atoms with Crippen molar-refractivity contribution < 1.29 is 17.9 Å². The first-order valence-corrected chi connectivity index (χ1v) is 7.92. The highest BCUT2D eigenvalue weighted by Crippen LogP contribution is 2.22. The van der Waals surface area contributed by atoms with Crippen LogP contribution in [0, 0.1) is 0 Å². The van der Waals surface area contributed by atoms with E-state index in [-0.39, 0.29) is 22.5 Å². The van der Waals surface area contributed by atoms with Gasteiger partial charge in [0.05, 0.1) is 17.1 Å². The molecule has 0 saturated carbocycles. The number of rotatable bonds is 3. The van der Waals surface area contributed by atoms with Gasteiger partial charge in [0.15, 0.2) is 0 Å². The summed E-state index contributed by atoms with van der Waals surface area (Å²) < 4.78 is 27.5. The molecule has 1 aromatic carbocycles. The number of hydrogen-bond acceptors (Lipinski definition) is 5. The number of ether oxygens (including phenoxy) is 1. The normalized spacial score (nSPS) is 11.5. The second-order valence-corrected chi connectivity index (χ2v) is 6.48. The minimum atomic E-state index is -3.93. The van der Waals surface area contributed by atoms with Gasteiger partial charge in [-0.1, -0.05) is 0 Å². The Balaban J connectivity index is 2.78. The van der Waals surface area contributed by atoms with E-state index in [9.17, 15) is 18.0 Å². The number of carbonyl (C=O) groups is 1. The number of aromatic nitrogens is 1. The molecule has 106 valence electrons. The van der Waals surface area contributed by atoms with Gasteiger partial charge < -0.3 is 9.72 Å². The molecule has 0 aliphatic carbocycles. The summed E-state index contributed by atoms with van der Waals surface area (Å²) in [6, 6.07) is 4.90. The first-order chi connectivity index (χ1) is 9.32. The lowest BCUT2D eigenvalue weighted by Crippen LogP contribution is -2.13. The van der Waals surface area contributed by atoms with Gasteiger partial charge in [-0.2, -0.15) is 0 Å². The predicted octanol–water partition coefficient (Wildman–Crippen LogP) is 1.63. The van der Waals surface area contributed by atoms with Crippen LogP contribution in [0.5, 0.6) is 0 Å². The molecule has 0 bridgehead atoms. The average Bonchev–Trinajstić information content (AvgIpc) is 2.36. The van der Waals surface area contributed by atoms with Gasteiger partial charge in [-0.05, 0) is 25.1 Å². The summed E-state index contributed by atoms with van der Waals surface area (Å²) in [6.07, 6.45) is 0. The number of hydrogen-bond donors (Lipinski definition) is 1. The molecule has 2 rings (SSSR count). The molecule has 0 spiro atoms. The number of nitrogens with one attached hydrogen (secondary N) is 1. The molecule has 0 aliphatic rings. The molecule has 0 fully saturated rings. The quantitative estimate of drug-likeness (QED) is 0.686. The van der Waals surface area contributed by atoms with Gasteiger partial charge in [0.25, 0.3) is 9.05 Å². The maximum absolute atomic E-state index is 11.8. The van der Waals surface area contributed by atoms with Crippen LogP contribution >= 0.6 is 10.7 Å². The number of pyridine rings is 1. The number of benzene rings is 1. The van der Waals surface area contributed by atoms with Crippen molar-refractivity contribution in [3.05, 3.63) is 40.2 Å². The zero-order valence-corrected chi connectivity index (χ0v) is 11.9. The molecule has 0 saturated heterocycles. The van der Waals surface area contributed by atoms with E-state index in [1.165, 1.54) is 18.2 Å². The van der Waals surface area contributed by atoms with Gasteiger partial charge in [-0.25, -0.2) is 13.2 Å². The van der Waals surface area contributed by atoms with Gasteiger partial charge >= 0.3 is 5.97 Å². The number of halogens is 1. The SMILES string of the molecule is CCOC(=O)c1cc(=O)[nH]c2ccc(S(=O)(=O)Cl)cc12. The van der Waals surface area contributed by atoms with E-state index in [1.807, 2.05) is 0 Å². The number of aromatic amines is 1. The van der Waals surface area contributed by atoms with Crippen LogP contribution in [0.3, 0.4) is 0 Å². The topological polar surface area (TPSA) is 93.3 Å². The van der Waals surface area contributed by atoms with Crippen molar-refractivity contribution in [1.82, 2.24) is 4.98 Å². The smallest absolute Gasteiger partial charge is 0.339 e. The molecule has 1 aromatic heterocycles. The summed E-state index contributed by atoms with van der Waals surface area (Å²) in [6.45, 7) is 1.77. The molecule has 1 N–H and O–H groups in total. The van der Waals surface area contributed by atoms with Crippen molar-refractivity contribution in [2.24, 2.45) is 0 Å². The summed E-state index contributed by atoms with van der Waals surface area (Å²) >= 11 is 0. The number of esters is 1. The second kappa shape index (κ2) is 5.26. The van der Waals surface area contributed by atoms with Crippen molar-refractivity contribution in [2.75, 3.05) is 6.61 Å². The van der Waals surface area contributed by atoms with E-state index in [0.29, 0.717) is 5.52 Å². The number of fused-ring (bicyclic) bond motifs is 1. The molecule has 0 aliphatic heterocycles. The Morgan fingerprint density at radius 1 is 1.35 bits per heavy atom. The van der Waals surface area contributed by atoms with Gasteiger partial charge in [-0.3, -0.25) is 4.79 Å². The van der Waals surface area contributed by atoms with E-state index in [0.717, 1.165) is 6.07 Å². The van der Waals surface area contributed by atoms with E-state index in [1.54, 1.807) is 6.92 Å². The lowest BCUT2D eigenvalue weighted by Gasteiger charge is -2.06. The molecule has 1 heterocycles. The van der Waals surface area contributed by atoms with Crippen molar-refractivity contribution in [1.29, 1.82) is 0 Å². The summed E-state index contributed by atoms with van der Waals surface area (Å²) in [5.41, 5.74) is -0.167. The Morgan fingerprint density at radius 3 is 2.65 bits per heavy atom. The van der Waals surface area contributed by atoms with Gasteiger partial charge in [-0.15, -0.1) is 0 Å². The lowest BCUT2D eigenvalue weighted by atomic mass is 10.1. The molecular formula is C12H10ClNO5S. The van der Waals surface area contributed by atoms with Crippen molar-refractivity contribution in [2.45, 2.75) is 11.8 Å². The Labute approximate surface area is 118 Å². The number of carbonyl (C=O) groups excluding carboxylic acids is 1. The fraction of sp³-hybridized carbons (Fsp3) is 0.167. The van der Waals surface area contributed by atoms with E-state index >= 15 is 0 Å². The first kappa shape index (κ1) is 14.5. The largest absolute Gasteiger partial charge is 0.462 e. The second-order valence-electron chi connectivity index (χ2n) is 3.91. The zero-order chi connectivity index (χ0) is 14.9. The third-order valence-corrected chi connectivity index (χ3v) is 3.94. The van der Waals surface area contributed by atoms with Gasteiger partial charge in [0.1, 0.15) is 0 Å². The fourth-order valence-corrected chi connectivity index (χ4v) is 2.54. The van der Waals surface area contributed by atoms with Gasteiger partial charge in [0, 0.05) is 27.7 Å². The Hall–Kier alpha value is -1.86. The summed E-state index contributed by atoms with van der Waals surface area (Å²) in [4.78, 5) is 25.6. The van der Waals surface area contributed by atoms with Crippen LogP contribution in [0.25, 0.3) is 10.9 Å². The minimum Gasteiger partial charge on any atom is -0.462 e. The van der Waals surface area contributed by atoms with Crippen LogP contribution in [0.2, 0.25) is 0 Å². The van der Waals surface area contributed by atoms with Crippen molar-refractivity contribution in [3.8, 4) is 0 Å². The monoisotopic (exact) mass is 315 g/mol. The lowest BCUT2D eigenvalue weighted by molar-refractivity contribution is 0.0528. The highest BCUT2D eigenvalue weighted by molar-refractivity contribution is 8.13.